The maximum atomic E-state index is 17.0. The van der Waals surface area contributed by atoms with Crippen LogP contribution in [0.5, 0.6) is 11.8 Å². The summed E-state index contributed by atoms with van der Waals surface area (Å²) in [4.78, 5) is 14.3. The van der Waals surface area contributed by atoms with E-state index in [1.807, 2.05) is 0 Å². The molecule has 3 aliphatic carbocycles. The third-order valence-corrected chi connectivity index (χ3v) is 11.6. The Balaban J connectivity index is 1.18. The van der Waals surface area contributed by atoms with Crippen molar-refractivity contribution in [3.63, 3.8) is 0 Å². The fourth-order valence-electron chi connectivity index (χ4n) is 9.34. The number of hydrogen-bond acceptors (Lipinski definition) is 6. The number of ether oxygens (including phenoxy) is 1. The molecule has 1 saturated carbocycles. The number of nitrogens with zero attached hydrogens (tertiary/aromatic N) is 4. The average Bonchev–Trinajstić information content (AvgIpc) is 3.66. The van der Waals surface area contributed by atoms with Crippen molar-refractivity contribution >= 4 is 17.4 Å². The number of aromatic hydroxyl groups is 1. The second-order valence-corrected chi connectivity index (χ2v) is 13.9. The highest BCUT2D eigenvalue weighted by Gasteiger charge is 2.53. The highest BCUT2D eigenvalue weighted by atomic mass is 35.5. The maximum absolute atomic E-state index is 17.0. The molecular weight excluding hydrogens is 534 g/mol. The summed E-state index contributed by atoms with van der Waals surface area (Å²) in [6.45, 7) is 3.55. The van der Waals surface area contributed by atoms with Gasteiger partial charge in [0.25, 0.3) is 0 Å². The van der Waals surface area contributed by atoms with Crippen LogP contribution in [0, 0.1) is 11.8 Å². The first-order valence-corrected chi connectivity index (χ1v) is 15.5. The van der Waals surface area contributed by atoms with E-state index in [0.29, 0.717) is 67.8 Å². The Kier molecular flexibility index (Phi) is 5.84. The van der Waals surface area contributed by atoms with Gasteiger partial charge < -0.3 is 14.7 Å². The van der Waals surface area contributed by atoms with Gasteiger partial charge in [0.15, 0.2) is 6.17 Å². The zero-order valence-corrected chi connectivity index (χ0v) is 23.6. The lowest BCUT2D eigenvalue weighted by Gasteiger charge is -2.41. The molecule has 2 bridgehead atoms. The van der Waals surface area contributed by atoms with Crippen molar-refractivity contribution in [3.05, 3.63) is 39.5 Å². The number of phenolic OH excluding ortho intramolecular Hbond substituents is 1. The highest BCUT2D eigenvalue weighted by Crippen LogP contribution is 2.58. The molecule has 40 heavy (non-hydrogen) atoms. The molecule has 9 heteroatoms. The van der Waals surface area contributed by atoms with Crippen molar-refractivity contribution in [2.24, 2.45) is 11.8 Å². The average molecular weight is 571 g/mol. The molecule has 1 aromatic heterocycles. The van der Waals surface area contributed by atoms with E-state index >= 15 is 4.39 Å². The molecule has 4 fully saturated rings. The molecule has 1 N–H and O–H groups in total. The Labute approximate surface area is 239 Å². The minimum Gasteiger partial charge on any atom is -0.508 e. The van der Waals surface area contributed by atoms with Crippen molar-refractivity contribution in [3.8, 4) is 11.8 Å². The summed E-state index contributed by atoms with van der Waals surface area (Å²) in [6.07, 6.45) is 6.58. The molecule has 4 heterocycles. The summed E-state index contributed by atoms with van der Waals surface area (Å²) in [6, 6.07) is 3.47. The van der Waals surface area contributed by atoms with Gasteiger partial charge in [-0.1, -0.05) is 11.6 Å². The first-order valence-electron chi connectivity index (χ1n) is 15.2. The van der Waals surface area contributed by atoms with Gasteiger partial charge in [-0.3, -0.25) is 4.90 Å². The molecule has 214 valence electrons. The lowest BCUT2D eigenvalue weighted by Crippen LogP contribution is -2.44. The van der Waals surface area contributed by atoms with Gasteiger partial charge in [-0.15, -0.1) is 0 Å². The predicted octanol–water partition coefficient (Wildman–Crippen LogP) is 5.87. The topological polar surface area (TPSA) is 61.7 Å². The number of alkyl halides is 2. The van der Waals surface area contributed by atoms with Crippen LogP contribution in [0.25, 0.3) is 0 Å². The Morgan fingerprint density at radius 3 is 2.60 bits per heavy atom. The zero-order chi connectivity index (χ0) is 27.2. The first kappa shape index (κ1) is 25.5. The number of aromatic nitrogens is 2. The smallest absolute Gasteiger partial charge is 0.318 e. The van der Waals surface area contributed by atoms with E-state index in [2.05, 4.69) is 9.80 Å². The lowest BCUT2D eigenvalue weighted by molar-refractivity contribution is 0.105. The quantitative estimate of drug-likeness (QED) is 0.496. The van der Waals surface area contributed by atoms with Crippen molar-refractivity contribution in [2.75, 3.05) is 37.7 Å². The van der Waals surface area contributed by atoms with Gasteiger partial charge in [0.05, 0.1) is 11.2 Å². The molecule has 6 nitrogen and oxygen atoms in total. The van der Waals surface area contributed by atoms with Crippen LogP contribution in [0.3, 0.4) is 0 Å². The Bertz CT molecular complexity index is 1350. The Morgan fingerprint density at radius 2 is 1.80 bits per heavy atom. The van der Waals surface area contributed by atoms with Gasteiger partial charge in [0.2, 0.25) is 0 Å². The van der Waals surface area contributed by atoms with Crippen molar-refractivity contribution in [1.82, 2.24) is 14.9 Å². The van der Waals surface area contributed by atoms with E-state index in [1.54, 1.807) is 12.1 Å². The fraction of sp³-hybridized carbons (Fsp3) is 0.677. The van der Waals surface area contributed by atoms with Crippen LogP contribution in [0.2, 0.25) is 5.02 Å². The summed E-state index contributed by atoms with van der Waals surface area (Å²) >= 11 is 6.50. The second-order valence-electron chi connectivity index (χ2n) is 13.5. The molecule has 0 amide bonds. The van der Waals surface area contributed by atoms with Gasteiger partial charge in [-0.2, -0.15) is 9.97 Å². The van der Waals surface area contributed by atoms with Crippen molar-refractivity contribution < 1.29 is 18.6 Å². The standard InChI is InChI=1S/C31H37ClF2N4O2/c32-25-12-21(39)11-24-22(25)4-7-31(24)8-5-23-26(27(31)34)35-29(36-28(23)37-14-18-2-3-19(10-18)15-37)40-17-30-6-1-9-38(30)16-20(33)13-30/h11-12,18-20,27,39H,1-10,13-17H2/t18?,19?,20-,27-,30+,31-/m1/s1. The molecule has 0 radical (unpaired) electrons. The summed E-state index contributed by atoms with van der Waals surface area (Å²) in [5.74, 6) is 2.21. The number of fused-ring (bicyclic) bond motifs is 6. The number of halogens is 3. The molecule has 2 unspecified atom stereocenters. The van der Waals surface area contributed by atoms with E-state index in [4.69, 9.17) is 26.3 Å². The summed E-state index contributed by atoms with van der Waals surface area (Å²) in [7, 11) is 0. The van der Waals surface area contributed by atoms with Crippen LogP contribution in [-0.2, 0) is 18.3 Å². The Hall–Kier alpha value is -2.19. The second kappa shape index (κ2) is 9.15. The highest BCUT2D eigenvalue weighted by molar-refractivity contribution is 6.31. The molecule has 2 aromatic rings. The normalized spacial score (nSPS) is 36.2. The number of anilines is 1. The largest absolute Gasteiger partial charge is 0.508 e. The van der Waals surface area contributed by atoms with E-state index < -0.39 is 17.8 Å². The first-order chi connectivity index (χ1) is 19.3. The van der Waals surface area contributed by atoms with Crippen LogP contribution in [0.4, 0.5) is 14.6 Å². The van der Waals surface area contributed by atoms with Crippen LogP contribution in [-0.4, -0.2) is 64.5 Å². The van der Waals surface area contributed by atoms with Gasteiger partial charge in [0, 0.05) is 42.1 Å². The molecule has 8 rings (SSSR count). The van der Waals surface area contributed by atoms with Gasteiger partial charge in [-0.05, 0) is 99.4 Å². The van der Waals surface area contributed by atoms with E-state index in [0.717, 1.165) is 55.0 Å². The summed E-state index contributed by atoms with van der Waals surface area (Å²) in [5.41, 5.74) is 1.98. The number of phenols is 1. The summed E-state index contributed by atoms with van der Waals surface area (Å²) in [5, 5.41) is 10.9. The van der Waals surface area contributed by atoms with Gasteiger partial charge in [-0.25, -0.2) is 8.78 Å². The minimum absolute atomic E-state index is 0.0716. The van der Waals surface area contributed by atoms with E-state index in [-0.39, 0.29) is 17.3 Å². The Morgan fingerprint density at radius 1 is 1.02 bits per heavy atom. The van der Waals surface area contributed by atoms with E-state index in [1.165, 1.54) is 19.3 Å². The monoisotopic (exact) mass is 570 g/mol. The third-order valence-electron chi connectivity index (χ3n) is 11.2. The SMILES string of the molecule is Oc1cc(Cl)c2c(c1)[C@@]1(CC2)CCc2c(nc(OC[C@@]34CCCN3C[C@H](F)C4)nc2N2CC3CCC(C3)C2)[C@H]1F. The number of benzene rings is 1. The predicted molar refractivity (Wildman–Crippen MR) is 149 cm³/mol. The van der Waals surface area contributed by atoms with Gasteiger partial charge in [0.1, 0.15) is 24.3 Å². The third kappa shape index (κ3) is 3.80. The van der Waals surface area contributed by atoms with Crippen LogP contribution >= 0.6 is 11.6 Å². The number of rotatable bonds is 4. The van der Waals surface area contributed by atoms with E-state index in [9.17, 15) is 9.50 Å². The number of piperidine rings is 1. The fourth-order valence-corrected chi connectivity index (χ4v) is 9.64. The molecule has 3 saturated heterocycles. The molecule has 6 atom stereocenters. The van der Waals surface area contributed by atoms with Crippen molar-refractivity contribution in [2.45, 2.75) is 87.5 Å². The van der Waals surface area contributed by atoms with Crippen LogP contribution < -0.4 is 9.64 Å². The number of hydrogen-bond donors (Lipinski definition) is 1. The molecule has 6 aliphatic rings. The molecule has 3 aliphatic heterocycles. The van der Waals surface area contributed by atoms with Gasteiger partial charge >= 0.3 is 6.01 Å². The van der Waals surface area contributed by atoms with Crippen LogP contribution in [0.15, 0.2) is 12.1 Å². The van der Waals surface area contributed by atoms with Crippen molar-refractivity contribution in [1.29, 1.82) is 0 Å². The van der Waals surface area contributed by atoms with Crippen LogP contribution in [0.1, 0.15) is 79.9 Å². The molecule has 1 spiro atoms. The lowest BCUT2D eigenvalue weighted by atomic mass is 9.68. The zero-order valence-electron chi connectivity index (χ0n) is 22.8. The summed E-state index contributed by atoms with van der Waals surface area (Å²) < 4.78 is 37.8. The molecular formula is C31H37ClF2N4O2. The maximum Gasteiger partial charge on any atom is 0.318 e. The minimum atomic E-state index is -1.36. The molecule has 1 aromatic carbocycles.